The van der Waals surface area contributed by atoms with Gasteiger partial charge in [0.05, 0.1) is 0 Å². The standard InChI is InChI=1S/C16H33N3/c1-14(2)18-9-11-19(12-10-18)16(13-17)8-6-5-7-15(16,3)4/h14H,5-13,17H2,1-4H3. The van der Waals surface area contributed by atoms with E-state index in [0.29, 0.717) is 11.5 Å². The van der Waals surface area contributed by atoms with Gasteiger partial charge in [0.15, 0.2) is 0 Å². The van der Waals surface area contributed by atoms with E-state index in [1.165, 1.54) is 51.9 Å². The average Bonchev–Trinajstić information content (AvgIpc) is 2.39. The van der Waals surface area contributed by atoms with E-state index in [1.54, 1.807) is 0 Å². The molecule has 3 heteroatoms. The zero-order chi connectivity index (χ0) is 14.1. The number of hydrogen-bond donors (Lipinski definition) is 1. The fraction of sp³-hybridized carbons (Fsp3) is 1.00. The van der Waals surface area contributed by atoms with E-state index in [2.05, 4.69) is 37.5 Å². The van der Waals surface area contributed by atoms with E-state index in [9.17, 15) is 0 Å². The van der Waals surface area contributed by atoms with Crippen LogP contribution in [0.2, 0.25) is 0 Å². The highest BCUT2D eigenvalue weighted by Gasteiger charge is 2.49. The van der Waals surface area contributed by atoms with Gasteiger partial charge in [0.1, 0.15) is 0 Å². The molecule has 112 valence electrons. The number of piperazine rings is 1. The molecule has 0 bridgehead atoms. The van der Waals surface area contributed by atoms with Crippen LogP contribution in [0.15, 0.2) is 0 Å². The summed E-state index contributed by atoms with van der Waals surface area (Å²) in [5.41, 5.74) is 6.89. The Bertz CT molecular complexity index is 292. The molecule has 1 aliphatic heterocycles. The second kappa shape index (κ2) is 5.71. The molecule has 1 atom stereocenters. The van der Waals surface area contributed by atoms with Crippen molar-refractivity contribution in [3.8, 4) is 0 Å². The van der Waals surface area contributed by atoms with E-state index in [1.807, 2.05) is 0 Å². The third kappa shape index (κ3) is 2.70. The molecular weight excluding hydrogens is 234 g/mol. The van der Waals surface area contributed by atoms with E-state index in [4.69, 9.17) is 5.73 Å². The summed E-state index contributed by atoms with van der Waals surface area (Å²) in [6, 6.07) is 0.676. The summed E-state index contributed by atoms with van der Waals surface area (Å²) in [7, 11) is 0. The highest BCUT2D eigenvalue weighted by atomic mass is 15.3. The Kier molecular flexibility index (Phi) is 4.59. The number of hydrogen-bond acceptors (Lipinski definition) is 3. The lowest BCUT2D eigenvalue weighted by atomic mass is 9.62. The number of nitrogens with zero attached hydrogens (tertiary/aromatic N) is 2. The van der Waals surface area contributed by atoms with Crippen LogP contribution >= 0.6 is 0 Å². The zero-order valence-corrected chi connectivity index (χ0v) is 13.4. The van der Waals surface area contributed by atoms with Gasteiger partial charge >= 0.3 is 0 Å². The molecule has 0 amide bonds. The summed E-state index contributed by atoms with van der Waals surface area (Å²) in [5, 5.41) is 0. The van der Waals surface area contributed by atoms with Crippen LogP contribution in [0.25, 0.3) is 0 Å². The largest absolute Gasteiger partial charge is 0.329 e. The molecule has 2 fully saturated rings. The molecule has 0 radical (unpaired) electrons. The molecule has 3 nitrogen and oxygen atoms in total. The Morgan fingerprint density at radius 3 is 2.05 bits per heavy atom. The second-order valence-electron chi connectivity index (χ2n) is 7.44. The number of rotatable bonds is 3. The minimum atomic E-state index is 0.244. The summed E-state index contributed by atoms with van der Waals surface area (Å²) >= 11 is 0. The van der Waals surface area contributed by atoms with Crippen LogP contribution in [0.4, 0.5) is 0 Å². The van der Waals surface area contributed by atoms with E-state index < -0.39 is 0 Å². The molecule has 0 spiro atoms. The predicted octanol–water partition coefficient (Wildman–Crippen LogP) is 2.31. The van der Waals surface area contributed by atoms with Crippen molar-refractivity contribution < 1.29 is 0 Å². The van der Waals surface area contributed by atoms with Gasteiger partial charge in [-0.15, -0.1) is 0 Å². The third-order valence-electron chi connectivity index (χ3n) is 5.89. The average molecular weight is 267 g/mol. The maximum absolute atomic E-state index is 6.28. The molecule has 0 aromatic rings. The molecule has 1 saturated heterocycles. The normalized spacial score (nSPS) is 33.8. The van der Waals surface area contributed by atoms with Crippen LogP contribution in [0, 0.1) is 5.41 Å². The molecule has 2 N–H and O–H groups in total. The van der Waals surface area contributed by atoms with Crippen LogP contribution in [0.5, 0.6) is 0 Å². The third-order valence-corrected chi connectivity index (χ3v) is 5.89. The van der Waals surface area contributed by atoms with Crippen molar-refractivity contribution in [3.63, 3.8) is 0 Å². The van der Waals surface area contributed by atoms with Crippen molar-refractivity contribution in [2.45, 2.75) is 65.0 Å². The molecule has 0 aromatic heterocycles. The Balaban J connectivity index is 2.10. The Morgan fingerprint density at radius 2 is 1.58 bits per heavy atom. The van der Waals surface area contributed by atoms with Crippen LogP contribution < -0.4 is 5.73 Å². The van der Waals surface area contributed by atoms with Crippen molar-refractivity contribution in [3.05, 3.63) is 0 Å². The fourth-order valence-corrected chi connectivity index (χ4v) is 4.32. The first kappa shape index (κ1) is 15.3. The summed E-state index contributed by atoms with van der Waals surface area (Å²) < 4.78 is 0. The topological polar surface area (TPSA) is 32.5 Å². The van der Waals surface area contributed by atoms with Gasteiger partial charge in [0, 0.05) is 44.3 Å². The fourth-order valence-electron chi connectivity index (χ4n) is 4.32. The second-order valence-corrected chi connectivity index (χ2v) is 7.44. The molecule has 19 heavy (non-hydrogen) atoms. The zero-order valence-electron chi connectivity index (χ0n) is 13.4. The van der Waals surface area contributed by atoms with Crippen molar-refractivity contribution in [2.24, 2.45) is 11.1 Å². The minimum Gasteiger partial charge on any atom is -0.329 e. The summed E-state index contributed by atoms with van der Waals surface area (Å²) in [5.74, 6) is 0. The lowest BCUT2D eigenvalue weighted by molar-refractivity contribution is -0.0679. The molecule has 1 saturated carbocycles. The monoisotopic (exact) mass is 267 g/mol. The Hall–Kier alpha value is -0.120. The molecule has 1 unspecified atom stereocenters. The van der Waals surface area contributed by atoms with E-state index >= 15 is 0 Å². The van der Waals surface area contributed by atoms with Gasteiger partial charge < -0.3 is 5.73 Å². The van der Waals surface area contributed by atoms with Gasteiger partial charge in [0.25, 0.3) is 0 Å². The maximum Gasteiger partial charge on any atom is 0.0383 e. The first-order valence-electron chi connectivity index (χ1n) is 8.12. The molecule has 1 heterocycles. The first-order valence-corrected chi connectivity index (χ1v) is 8.12. The van der Waals surface area contributed by atoms with Crippen molar-refractivity contribution in [1.82, 2.24) is 9.80 Å². The van der Waals surface area contributed by atoms with Crippen molar-refractivity contribution in [1.29, 1.82) is 0 Å². The molecule has 1 aliphatic carbocycles. The SMILES string of the molecule is CC(C)N1CCN(C2(CN)CCCCC2(C)C)CC1. The van der Waals surface area contributed by atoms with Crippen LogP contribution in [-0.2, 0) is 0 Å². The molecular formula is C16H33N3. The van der Waals surface area contributed by atoms with Gasteiger partial charge in [-0.1, -0.05) is 26.7 Å². The van der Waals surface area contributed by atoms with Gasteiger partial charge in [-0.05, 0) is 32.1 Å². The van der Waals surface area contributed by atoms with Gasteiger partial charge in [0.2, 0.25) is 0 Å². The summed E-state index contributed by atoms with van der Waals surface area (Å²) in [4.78, 5) is 5.32. The summed E-state index contributed by atoms with van der Waals surface area (Å²) in [6.07, 6.45) is 5.35. The smallest absolute Gasteiger partial charge is 0.0383 e. The predicted molar refractivity (Wildman–Crippen MR) is 82.3 cm³/mol. The first-order chi connectivity index (χ1) is 8.93. The van der Waals surface area contributed by atoms with Gasteiger partial charge in [-0.2, -0.15) is 0 Å². The van der Waals surface area contributed by atoms with E-state index in [-0.39, 0.29) is 5.54 Å². The lowest BCUT2D eigenvalue weighted by Crippen LogP contribution is -2.67. The Morgan fingerprint density at radius 1 is 1.00 bits per heavy atom. The van der Waals surface area contributed by atoms with Crippen molar-refractivity contribution in [2.75, 3.05) is 32.7 Å². The van der Waals surface area contributed by atoms with Crippen LogP contribution in [0.1, 0.15) is 53.4 Å². The molecule has 0 aromatic carbocycles. The minimum absolute atomic E-state index is 0.244. The van der Waals surface area contributed by atoms with E-state index in [0.717, 1.165) is 6.54 Å². The highest BCUT2D eigenvalue weighted by molar-refractivity contribution is 5.06. The van der Waals surface area contributed by atoms with Crippen LogP contribution in [-0.4, -0.2) is 54.1 Å². The molecule has 2 rings (SSSR count). The van der Waals surface area contributed by atoms with Gasteiger partial charge in [-0.25, -0.2) is 0 Å². The van der Waals surface area contributed by atoms with Crippen LogP contribution in [0.3, 0.4) is 0 Å². The maximum atomic E-state index is 6.28. The quantitative estimate of drug-likeness (QED) is 0.852. The molecule has 2 aliphatic rings. The lowest BCUT2D eigenvalue weighted by Gasteiger charge is -2.58. The van der Waals surface area contributed by atoms with Gasteiger partial charge in [-0.3, -0.25) is 9.80 Å². The van der Waals surface area contributed by atoms with Crippen molar-refractivity contribution >= 4 is 0 Å². The number of nitrogens with two attached hydrogens (primary N) is 1. The summed E-state index contributed by atoms with van der Waals surface area (Å²) in [6.45, 7) is 15.1. The Labute approximate surface area is 119 Å². The highest BCUT2D eigenvalue weighted by Crippen LogP contribution is 2.47.